The highest BCUT2D eigenvalue weighted by Crippen LogP contribution is 2.17. The van der Waals surface area contributed by atoms with Crippen molar-refractivity contribution in [3.63, 3.8) is 0 Å². The highest BCUT2D eigenvalue weighted by atomic mass is 19.1. The maximum atomic E-state index is 13.9. The van der Waals surface area contributed by atoms with Crippen LogP contribution >= 0.6 is 0 Å². The third-order valence-corrected chi connectivity index (χ3v) is 3.98. The number of H-pyrrole nitrogens is 1. The number of benzene rings is 1. The molecule has 136 valence electrons. The summed E-state index contributed by atoms with van der Waals surface area (Å²) in [6.07, 6.45) is 1.42. The molecule has 0 spiro atoms. The molecule has 4 aromatic rings. The Morgan fingerprint density at radius 3 is 2.85 bits per heavy atom. The van der Waals surface area contributed by atoms with Crippen molar-refractivity contribution in [3.8, 4) is 5.95 Å². The number of aromatic amines is 1. The lowest BCUT2D eigenvalue weighted by Crippen LogP contribution is -2.19. The number of nitrogens with zero attached hydrogens (tertiary/aromatic N) is 5. The first kappa shape index (κ1) is 16.6. The summed E-state index contributed by atoms with van der Waals surface area (Å²) >= 11 is 0. The lowest BCUT2D eigenvalue weighted by Gasteiger charge is -2.08. The third-order valence-electron chi connectivity index (χ3n) is 3.98. The number of halogens is 1. The third kappa shape index (κ3) is 2.86. The quantitative estimate of drug-likeness (QED) is 0.571. The predicted molar refractivity (Wildman–Crippen MR) is 95.3 cm³/mol. The van der Waals surface area contributed by atoms with Crippen LogP contribution in [0.3, 0.4) is 0 Å². The Morgan fingerprint density at radius 1 is 1.30 bits per heavy atom. The number of carbonyl (C=O) groups excluding carboxylic acids is 1. The summed E-state index contributed by atoms with van der Waals surface area (Å²) in [7, 11) is 1.66. The Balaban J connectivity index is 1.78. The smallest absolute Gasteiger partial charge is 0.263 e. The van der Waals surface area contributed by atoms with Crippen LogP contribution in [0.15, 0.2) is 41.3 Å². The fraction of sp³-hybridized carbons (Fsp3) is 0.118. The Kier molecular flexibility index (Phi) is 3.80. The van der Waals surface area contributed by atoms with Gasteiger partial charge in [-0.25, -0.2) is 4.39 Å². The summed E-state index contributed by atoms with van der Waals surface area (Å²) in [4.78, 5) is 31.7. The second-order valence-electron chi connectivity index (χ2n) is 5.91. The van der Waals surface area contributed by atoms with E-state index >= 15 is 0 Å². The molecule has 0 radical (unpaired) electrons. The average Bonchev–Trinajstić information content (AvgIpc) is 3.18. The Hall–Kier alpha value is -3.82. The van der Waals surface area contributed by atoms with E-state index < -0.39 is 11.7 Å². The summed E-state index contributed by atoms with van der Waals surface area (Å²) < 4.78 is 16.6. The zero-order valence-corrected chi connectivity index (χ0v) is 14.4. The van der Waals surface area contributed by atoms with E-state index in [0.29, 0.717) is 16.7 Å². The predicted octanol–water partition coefficient (Wildman–Crippen LogP) is 1.54. The second kappa shape index (κ2) is 6.16. The Bertz CT molecular complexity index is 1240. The SMILES string of the molecule is Cc1cc(NC(=O)c2ccccc2F)n(-c2nc3c(cnn3C)c(=O)[nH]2)n1. The van der Waals surface area contributed by atoms with Crippen molar-refractivity contribution >= 4 is 22.8 Å². The standard InChI is InChI=1S/C17H14FN7O2/c1-9-7-13(20-15(26)10-5-3-4-6-12(10)18)25(23-9)17-21-14-11(16(27)22-17)8-19-24(14)2/h3-8H,1-2H3,(H,20,26)(H,21,22,27). The number of nitrogens with one attached hydrogen (secondary N) is 2. The minimum absolute atomic E-state index is 0.105. The molecule has 4 rings (SSSR count). The maximum absolute atomic E-state index is 13.9. The topological polar surface area (TPSA) is 110 Å². The molecule has 0 bridgehead atoms. The molecule has 2 N–H and O–H groups in total. The molecule has 10 heteroatoms. The summed E-state index contributed by atoms with van der Waals surface area (Å²) in [5.41, 5.74) is 0.453. The van der Waals surface area contributed by atoms with E-state index in [1.165, 1.54) is 33.8 Å². The molecule has 27 heavy (non-hydrogen) atoms. The molecule has 1 amide bonds. The van der Waals surface area contributed by atoms with E-state index in [9.17, 15) is 14.0 Å². The van der Waals surface area contributed by atoms with Crippen LogP contribution in [-0.2, 0) is 7.05 Å². The number of anilines is 1. The van der Waals surface area contributed by atoms with Crippen molar-refractivity contribution in [3.05, 3.63) is 64.0 Å². The number of aryl methyl sites for hydroxylation is 2. The summed E-state index contributed by atoms with van der Waals surface area (Å²) in [6, 6.07) is 7.23. The van der Waals surface area contributed by atoms with Crippen LogP contribution in [0.25, 0.3) is 17.0 Å². The van der Waals surface area contributed by atoms with Crippen molar-refractivity contribution in [2.75, 3.05) is 5.32 Å². The van der Waals surface area contributed by atoms with Crippen molar-refractivity contribution in [1.82, 2.24) is 29.5 Å². The molecule has 0 aliphatic rings. The van der Waals surface area contributed by atoms with Crippen molar-refractivity contribution in [2.24, 2.45) is 7.05 Å². The maximum Gasteiger partial charge on any atom is 0.263 e. The highest BCUT2D eigenvalue weighted by molar-refractivity contribution is 6.04. The van der Waals surface area contributed by atoms with Gasteiger partial charge in [0.15, 0.2) is 5.65 Å². The normalized spacial score (nSPS) is 11.1. The fourth-order valence-corrected chi connectivity index (χ4v) is 2.70. The van der Waals surface area contributed by atoms with Gasteiger partial charge in [-0.2, -0.15) is 19.9 Å². The molecule has 0 aliphatic carbocycles. The molecule has 0 aliphatic heterocycles. The molecule has 3 aromatic heterocycles. The number of carbonyl (C=O) groups is 1. The first-order valence-electron chi connectivity index (χ1n) is 7.99. The lowest BCUT2D eigenvalue weighted by atomic mass is 10.2. The van der Waals surface area contributed by atoms with Crippen LogP contribution in [0.5, 0.6) is 0 Å². The summed E-state index contributed by atoms with van der Waals surface area (Å²) in [5, 5.41) is 11.2. The van der Waals surface area contributed by atoms with Crippen molar-refractivity contribution in [1.29, 1.82) is 0 Å². The summed E-state index contributed by atoms with van der Waals surface area (Å²) in [6.45, 7) is 1.72. The van der Waals surface area contributed by atoms with Gasteiger partial charge in [0.05, 0.1) is 17.5 Å². The minimum Gasteiger partial charge on any atom is -0.306 e. The zero-order valence-electron chi connectivity index (χ0n) is 14.4. The Labute approximate surface area is 151 Å². The summed E-state index contributed by atoms with van der Waals surface area (Å²) in [5.74, 6) is -0.933. The largest absolute Gasteiger partial charge is 0.306 e. The van der Waals surface area contributed by atoms with Crippen LogP contribution < -0.4 is 10.9 Å². The molecular formula is C17H14FN7O2. The van der Waals surface area contributed by atoms with E-state index in [1.54, 1.807) is 26.1 Å². The van der Waals surface area contributed by atoms with Crippen LogP contribution in [-0.4, -0.2) is 35.4 Å². The van der Waals surface area contributed by atoms with E-state index in [-0.39, 0.29) is 22.9 Å². The number of aromatic nitrogens is 6. The first-order valence-corrected chi connectivity index (χ1v) is 7.99. The number of hydrogen-bond donors (Lipinski definition) is 2. The molecule has 3 heterocycles. The van der Waals surface area contributed by atoms with Crippen molar-refractivity contribution in [2.45, 2.75) is 6.92 Å². The molecular weight excluding hydrogens is 353 g/mol. The number of rotatable bonds is 3. The zero-order chi connectivity index (χ0) is 19.1. The second-order valence-corrected chi connectivity index (χ2v) is 5.91. The molecule has 0 saturated carbocycles. The lowest BCUT2D eigenvalue weighted by molar-refractivity contribution is 0.102. The fourth-order valence-electron chi connectivity index (χ4n) is 2.70. The molecule has 0 atom stereocenters. The average molecular weight is 367 g/mol. The molecule has 9 nitrogen and oxygen atoms in total. The highest BCUT2D eigenvalue weighted by Gasteiger charge is 2.17. The van der Waals surface area contributed by atoms with Crippen LogP contribution in [0.4, 0.5) is 10.2 Å². The number of fused-ring (bicyclic) bond motifs is 1. The van der Waals surface area contributed by atoms with Crippen LogP contribution in [0.1, 0.15) is 16.1 Å². The molecule has 1 aromatic carbocycles. The monoisotopic (exact) mass is 367 g/mol. The van der Waals surface area contributed by atoms with Gasteiger partial charge in [-0.05, 0) is 19.1 Å². The van der Waals surface area contributed by atoms with Gasteiger partial charge in [-0.1, -0.05) is 12.1 Å². The molecule has 0 saturated heterocycles. The van der Waals surface area contributed by atoms with Gasteiger partial charge in [-0.15, -0.1) is 0 Å². The van der Waals surface area contributed by atoms with E-state index in [2.05, 4.69) is 25.5 Å². The van der Waals surface area contributed by atoms with Gasteiger partial charge >= 0.3 is 0 Å². The van der Waals surface area contributed by atoms with Gasteiger partial charge in [0.1, 0.15) is 17.0 Å². The van der Waals surface area contributed by atoms with Gasteiger partial charge < -0.3 is 5.32 Å². The van der Waals surface area contributed by atoms with Gasteiger partial charge in [0.2, 0.25) is 5.95 Å². The van der Waals surface area contributed by atoms with E-state index in [0.717, 1.165) is 0 Å². The van der Waals surface area contributed by atoms with E-state index in [4.69, 9.17) is 0 Å². The van der Waals surface area contributed by atoms with Crippen LogP contribution in [0, 0.1) is 12.7 Å². The van der Waals surface area contributed by atoms with Gasteiger partial charge in [0, 0.05) is 13.1 Å². The minimum atomic E-state index is -0.641. The molecule has 0 fully saturated rings. The Morgan fingerprint density at radius 2 is 2.07 bits per heavy atom. The number of hydrogen-bond acceptors (Lipinski definition) is 5. The van der Waals surface area contributed by atoms with Crippen molar-refractivity contribution < 1.29 is 9.18 Å². The molecule has 0 unspecified atom stereocenters. The van der Waals surface area contributed by atoms with Gasteiger partial charge in [-0.3, -0.25) is 19.3 Å². The van der Waals surface area contributed by atoms with E-state index in [1.807, 2.05) is 0 Å². The van der Waals surface area contributed by atoms with Gasteiger partial charge in [0.25, 0.3) is 11.5 Å². The van der Waals surface area contributed by atoms with Crippen LogP contribution in [0.2, 0.25) is 0 Å². The first-order chi connectivity index (χ1) is 12.9. The number of amides is 1.